The number of phenols is 1. The van der Waals surface area contributed by atoms with E-state index in [2.05, 4.69) is 0 Å². The van der Waals surface area contributed by atoms with E-state index in [4.69, 9.17) is 9.05 Å². The van der Waals surface area contributed by atoms with Crippen LogP contribution < -0.4 is 5.30 Å². The van der Waals surface area contributed by atoms with Crippen molar-refractivity contribution < 1.29 is 18.7 Å². The Morgan fingerprint density at radius 1 is 1.17 bits per heavy atom. The molecule has 0 amide bonds. The van der Waals surface area contributed by atoms with Gasteiger partial charge in [0.15, 0.2) is 0 Å². The Kier molecular flexibility index (Phi) is 5.39. The summed E-state index contributed by atoms with van der Waals surface area (Å²) in [6, 6.07) is 3.37. The van der Waals surface area contributed by atoms with Crippen LogP contribution in [0.25, 0.3) is 0 Å². The molecule has 0 heterocycles. The summed E-state index contributed by atoms with van der Waals surface area (Å²) in [6.07, 6.45) is 0.665. The van der Waals surface area contributed by atoms with Gasteiger partial charge in [-0.05, 0) is 50.5 Å². The molecule has 4 nitrogen and oxygen atoms in total. The molecule has 0 bridgehead atoms. The molecule has 0 aromatic heterocycles. The summed E-state index contributed by atoms with van der Waals surface area (Å²) in [6.45, 7) is 7.90. The molecule has 5 heteroatoms. The third kappa shape index (κ3) is 3.14. The van der Waals surface area contributed by atoms with Gasteiger partial charge in [0.05, 0.1) is 18.5 Å². The molecule has 0 radical (unpaired) electrons. The number of hydrogen-bond acceptors (Lipinski definition) is 4. The van der Waals surface area contributed by atoms with Gasteiger partial charge in [0.2, 0.25) is 0 Å². The van der Waals surface area contributed by atoms with Gasteiger partial charge >= 0.3 is 7.60 Å². The predicted molar refractivity (Wildman–Crippen MR) is 72.7 cm³/mol. The zero-order valence-electron chi connectivity index (χ0n) is 11.4. The smallest absolute Gasteiger partial charge is 0.361 e. The molecule has 0 spiro atoms. The highest BCUT2D eigenvalue weighted by Crippen LogP contribution is 2.47. The van der Waals surface area contributed by atoms with E-state index in [0.717, 1.165) is 5.56 Å². The molecule has 0 unspecified atom stereocenters. The van der Waals surface area contributed by atoms with Gasteiger partial charge < -0.3 is 14.2 Å². The maximum absolute atomic E-state index is 12.6. The fraction of sp³-hybridized carbons (Fsp3) is 0.538. The number of aromatic hydroxyl groups is 1. The standard InChI is InChI=1S/C13H21O4P/c1-5-11-9-12(8-10(4)13(11)14)18(15,16-6-2)17-7-3/h8-9,14H,5-7H2,1-4H3. The quantitative estimate of drug-likeness (QED) is 0.808. The minimum absolute atomic E-state index is 0.251. The van der Waals surface area contributed by atoms with E-state index in [1.807, 2.05) is 6.92 Å². The van der Waals surface area contributed by atoms with Crippen LogP contribution in [0.3, 0.4) is 0 Å². The summed E-state index contributed by atoms with van der Waals surface area (Å²) >= 11 is 0. The van der Waals surface area contributed by atoms with Crippen LogP contribution in [0, 0.1) is 6.92 Å². The van der Waals surface area contributed by atoms with Crippen LogP contribution in [-0.4, -0.2) is 18.3 Å². The van der Waals surface area contributed by atoms with E-state index in [1.54, 1.807) is 32.9 Å². The summed E-state index contributed by atoms with van der Waals surface area (Å²) in [4.78, 5) is 0. The lowest BCUT2D eigenvalue weighted by Gasteiger charge is -2.19. The van der Waals surface area contributed by atoms with Crippen LogP contribution in [0.15, 0.2) is 12.1 Å². The first kappa shape index (κ1) is 15.2. The SMILES string of the molecule is CCOP(=O)(OCC)c1cc(C)c(O)c(CC)c1. The van der Waals surface area contributed by atoms with Gasteiger partial charge in [0.25, 0.3) is 0 Å². The van der Waals surface area contributed by atoms with Crippen molar-refractivity contribution in [3.8, 4) is 5.75 Å². The molecular weight excluding hydrogens is 251 g/mol. The lowest BCUT2D eigenvalue weighted by Crippen LogP contribution is -2.12. The van der Waals surface area contributed by atoms with Gasteiger partial charge in [-0.15, -0.1) is 0 Å². The van der Waals surface area contributed by atoms with Gasteiger partial charge in [0, 0.05) is 0 Å². The Bertz CT molecular complexity index is 447. The summed E-state index contributed by atoms with van der Waals surface area (Å²) in [5.41, 5.74) is 1.44. The second-order valence-electron chi connectivity index (χ2n) is 3.96. The summed E-state index contributed by atoms with van der Waals surface area (Å²) in [5.74, 6) is 0.251. The van der Waals surface area contributed by atoms with Gasteiger partial charge in [-0.3, -0.25) is 4.57 Å². The number of aryl methyl sites for hydroxylation is 2. The minimum Gasteiger partial charge on any atom is -0.507 e. The molecule has 1 aromatic carbocycles. The maximum Gasteiger partial charge on any atom is 0.361 e. The van der Waals surface area contributed by atoms with Crippen molar-refractivity contribution in [2.75, 3.05) is 13.2 Å². The monoisotopic (exact) mass is 272 g/mol. The van der Waals surface area contributed by atoms with E-state index >= 15 is 0 Å². The third-order valence-corrected chi connectivity index (χ3v) is 4.75. The van der Waals surface area contributed by atoms with E-state index < -0.39 is 7.60 Å². The van der Waals surface area contributed by atoms with Crippen LogP contribution in [-0.2, 0) is 20.0 Å². The van der Waals surface area contributed by atoms with Crippen molar-refractivity contribution in [1.82, 2.24) is 0 Å². The molecule has 102 valence electrons. The fourth-order valence-corrected chi connectivity index (χ4v) is 3.50. The average Bonchev–Trinajstić information content (AvgIpc) is 2.33. The fourth-order valence-electron chi connectivity index (χ4n) is 1.79. The number of hydrogen-bond donors (Lipinski definition) is 1. The van der Waals surface area contributed by atoms with Gasteiger partial charge in [0.1, 0.15) is 5.75 Å². The molecule has 0 aliphatic heterocycles. The van der Waals surface area contributed by atoms with Gasteiger partial charge in [-0.25, -0.2) is 0 Å². The minimum atomic E-state index is -3.27. The van der Waals surface area contributed by atoms with Gasteiger partial charge in [-0.1, -0.05) is 6.92 Å². The van der Waals surface area contributed by atoms with Crippen molar-refractivity contribution in [3.63, 3.8) is 0 Å². The molecule has 0 aliphatic carbocycles. The Labute approximate surface area is 108 Å². The summed E-state index contributed by atoms with van der Waals surface area (Å²) < 4.78 is 23.2. The first-order valence-corrected chi connectivity index (χ1v) is 7.74. The maximum atomic E-state index is 12.6. The van der Waals surface area contributed by atoms with Gasteiger partial charge in [-0.2, -0.15) is 0 Å². The molecule has 0 aliphatic rings. The molecule has 1 rings (SSSR count). The Balaban J connectivity index is 3.29. The van der Waals surface area contributed by atoms with E-state index in [0.29, 0.717) is 30.5 Å². The van der Waals surface area contributed by atoms with Crippen molar-refractivity contribution in [3.05, 3.63) is 23.3 Å². The lowest BCUT2D eigenvalue weighted by atomic mass is 10.1. The Morgan fingerprint density at radius 3 is 2.17 bits per heavy atom. The first-order valence-electron chi connectivity index (χ1n) is 6.20. The van der Waals surface area contributed by atoms with Crippen molar-refractivity contribution in [2.24, 2.45) is 0 Å². The molecule has 0 fully saturated rings. The zero-order valence-corrected chi connectivity index (χ0v) is 12.3. The van der Waals surface area contributed by atoms with Crippen molar-refractivity contribution in [1.29, 1.82) is 0 Å². The molecule has 1 N–H and O–H groups in total. The second-order valence-corrected chi connectivity index (χ2v) is 5.98. The molecule has 1 aromatic rings. The number of benzene rings is 1. The normalized spacial score (nSPS) is 11.8. The number of phenolic OH excluding ortho intramolecular Hbond substituents is 1. The molecule has 0 saturated heterocycles. The van der Waals surface area contributed by atoms with Crippen LogP contribution in [0.5, 0.6) is 5.75 Å². The van der Waals surface area contributed by atoms with E-state index in [9.17, 15) is 9.67 Å². The van der Waals surface area contributed by atoms with Crippen molar-refractivity contribution in [2.45, 2.75) is 34.1 Å². The molecular formula is C13H21O4P. The zero-order chi connectivity index (χ0) is 13.8. The molecule has 18 heavy (non-hydrogen) atoms. The highest BCUT2D eigenvalue weighted by Gasteiger charge is 2.28. The summed E-state index contributed by atoms with van der Waals surface area (Å²) in [5, 5.41) is 10.4. The molecule has 0 atom stereocenters. The number of rotatable bonds is 6. The Morgan fingerprint density at radius 2 is 1.72 bits per heavy atom. The van der Waals surface area contributed by atoms with E-state index in [1.165, 1.54) is 0 Å². The first-order chi connectivity index (χ1) is 8.48. The lowest BCUT2D eigenvalue weighted by molar-refractivity contribution is 0.230. The van der Waals surface area contributed by atoms with Crippen LogP contribution in [0.2, 0.25) is 0 Å². The van der Waals surface area contributed by atoms with Crippen LogP contribution in [0.1, 0.15) is 31.9 Å². The topological polar surface area (TPSA) is 55.8 Å². The predicted octanol–water partition coefficient (Wildman–Crippen LogP) is 3.15. The summed E-state index contributed by atoms with van der Waals surface area (Å²) in [7, 11) is -3.27. The Hall–Kier alpha value is -0.830. The average molecular weight is 272 g/mol. The molecule has 0 saturated carbocycles. The van der Waals surface area contributed by atoms with Crippen LogP contribution in [0.4, 0.5) is 0 Å². The highest BCUT2D eigenvalue weighted by atomic mass is 31.2. The largest absolute Gasteiger partial charge is 0.507 e. The van der Waals surface area contributed by atoms with E-state index in [-0.39, 0.29) is 5.75 Å². The highest BCUT2D eigenvalue weighted by molar-refractivity contribution is 7.62. The second kappa shape index (κ2) is 6.37. The van der Waals surface area contributed by atoms with Crippen LogP contribution >= 0.6 is 7.60 Å². The van der Waals surface area contributed by atoms with Crippen molar-refractivity contribution >= 4 is 12.9 Å². The third-order valence-electron chi connectivity index (χ3n) is 2.66.